The number of thioether (sulfide) groups is 1. The van der Waals surface area contributed by atoms with E-state index in [1.54, 1.807) is 12.1 Å². The molecule has 28 heavy (non-hydrogen) atoms. The first-order chi connectivity index (χ1) is 13.3. The number of rotatable bonds is 3. The fraction of sp³-hybridized carbons (Fsp3) is 0.263. The third-order valence-corrected chi connectivity index (χ3v) is 8.52. The molecule has 2 fully saturated rings. The summed E-state index contributed by atoms with van der Waals surface area (Å²) in [5, 5.41) is 0.388. The lowest BCUT2D eigenvalue weighted by atomic mass is 10.1. The zero-order valence-corrected chi connectivity index (χ0v) is 18.4. The Morgan fingerprint density at radius 2 is 1.96 bits per heavy atom. The average Bonchev–Trinajstić information content (AvgIpc) is 3.07. The highest BCUT2D eigenvalue weighted by molar-refractivity contribution is 14.1. The predicted molar refractivity (Wildman–Crippen MR) is 118 cm³/mol. The maximum absolute atomic E-state index is 13.0. The van der Waals surface area contributed by atoms with Crippen molar-refractivity contribution in [3.8, 4) is 0 Å². The number of aliphatic imine (C=N–C) groups is 1. The zero-order chi connectivity index (χ0) is 19.9. The maximum atomic E-state index is 13.0. The van der Waals surface area contributed by atoms with Gasteiger partial charge in [-0.05, 0) is 58.5 Å². The van der Waals surface area contributed by atoms with Crippen LogP contribution in [0.5, 0.6) is 0 Å². The van der Waals surface area contributed by atoms with Crippen LogP contribution in [0.2, 0.25) is 0 Å². The molecule has 0 radical (unpaired) electrons. The number of hydrogen-bond donors (Lipinski definition) is 0. The van der Waals surface area contributed by atoms with Crippen LogP contribution >= 0.6 is 34.4 Å². The molecule has 2 aromatic rings. The molecule has 2 atom stereocenters. The van der Waals surface area contributed by atoms with E-state index in [4.69, 9.17) is 0 Å². The van der Waals surface area contributed by atoms with Gasteiger partial charge in [0.2, 0.25) is 0 Å². The summed E-state index contributed by atoms with van der Waals surface area (Å²) >= 11 is 3.55. The van der Waals surface area contributed by atoms with Gasteiger partial charge in [0.15, 0.2) is 15.0 Å². The Bertz CT molecular complexity index is 1060. The Morgan fingerprint density at radius 3 is 2.68 bits per heavy atom. The van der Waals surface area contributed by atoms with Crippen molar-refractivity contribution >= 4 is 61.0 Å². The van der Waals surface area contributed by atoms with Crippen molar-refractivity contribution in [2.75, 3.05) is 16.4 Å². The lowest BCUT2D eigenvalue weighted by Crippen LogP contribution is -2.37. The van der Waals surface area contributed by atoms with Crippen LogP contribution in [0.15, 0.2) is 53.5 Å². The van der Waals surface area contributed by atoms with Gasteiger partial charge < -0.3 is 4.90 Å². The molecule has 0 N–H and O–H groups in total. The van der Waals surface area contributed by atoms with Gasteiger partial charge in [-0.2, -0.15) is 4.99 Å². The van der Waals surface area contributed by atoms with Crippen molar-refractivity contribution < 1.29 is 17.6 Å². The standard InChI is InChI=1S/C19H16FIN2O3S2/c20-13-6-4-12(5-7-13)8-18(24)22-19-23(15-3-1-2-14(21)9-15)16-10-28(25,26)11-17(16)27-19/h1-7,9,16-17H,8,10-11H2/t16-,17-/m1/s1. The topological polar surface area (TPSA) is 66.8 Å². The van der Waals surface area contributed by atoms with Gasteiger partial charge >= 0.3 is 0 Å². The monoisotopic (exact) mass is 530 g/mol. The van der Waals surface area contributed by atoms with E-state index < -0.39 is 9.84 Å². The number of hydrogen-bond acceptors (Lipinski definition) is 4. The first kappa shape index (κ1) is 19.8. The van der Waals surface area contributed by atoms with Gasteiger partial charge in [-0.15, -0.1) is 0 Å². The van der Waals surface area contributed by atoms with E-state index in [0.717, 1.165) is 9.26 Å². The fourth-order valence-corrected chi connectivity index (χ4v) is 7.87. The molecule has 0 bridgehead atoms. The van der Waals surface area contributed by atoms with Crippen molar-refractivity contribution in [1.82, 2.24) is 0 Å². The van der Waals surface area contributed by atoms with Crippen LogP contribution < -0.4 is 4.90 Å². The highest BCUT2D eigenvalue weighted by atomic mass is 127. The van der Waals surface area contributed by atoms with Crippen LogP contribution in [0.4, 0.5) is 10.1 Å². The second kappa shape index (κ2) is 7.75. The van der Waals surface area contributed by atoms with E-state index in [9.17, 15) is 17.6 Å². The van der Waals surface area contributed by atoms with Gasteiger partial charge in [-0.1, -0.05) is 30.0 Å². The molecule has 2 saturated heterocycles. The quantitative estimate of drug-likeness (QED) is 0.571. The van der Waals surface area contributed by atoms with Crippen molar-refractivity contribution in [2.45, 2.75) is 17.7 Å². The summed E-state index contributed by atoms with van der Waals surface area (Å²) < 4.78 is 38.3. The van der Waals surface area contributed by atoms with Gasteiger partial charge in [0.05, 0.1) is 24.0 Å². The number of carbonyl (C=O) groups excluding carboxylic acids is 1. The summed E-state index contributed by atoms with van der Waals surface area (Å²) in [5.41, 5.74) is 1.51. The van der Waals surface area contributed by atoms with Gasteiger partial charge in [-0.3, -0.25) is 4.79 Å². The zero-order valence-electron chi connectivity index (χ0n) is 14.6. The Labute approximate surface area is 180 Å². The third-order valence-electron chi connectivity index (χ3n) is 4.64. The largest absolute Gasteiger partial charge is 0.316 e. The molecule has 2 aliphatic heterocycles. The van der Waals surface area contributed by atoms with E-state index in [1.807, 2.05) is 29.2 Å². The number of anilines is 1. The highest BCUT2D eigenvalue weighted by Gasteiger charge is 2.49. The normalized spacial score (nSPS) is 24.5. The van der Waals surface area contributed by atoms with Crippen molar-refractivity contribution in [2.24, 2.45) is 4.99 Å². The number of sulfone groups is 1. The summed E-state index contributed by atoms with van der Waals surface area (Å²) in [7, 11) is -3.10. The molecule has 0 unspecified atom stereocenters. The molecule has 4 rings (SSSR count). The Kier molecular flexibility index (Phi) is 5.49. The Morgan fingerprint density at radius 1 is 1.21 bits per heavy atom. The van der Waals surface area contributed by atoms with Gasteiger partial charge in [0.1, 0.15) is 5.82 Å². The van der Waals surface area contributed by atoms with Gasteiger partial charge in [0.25, 0.3) is 5.91 Å². The highest BCUT2D eigenvalue weighted by Crippen LogP contribution is 2.41. The van der Waals surface area contributed by atoms with E-state index in [0.29, 0.717) is 10.7 Å². The summed E-state index contributed by atoms with van der Waals surface area (Å²) in [4.78, 5) is 18.7. The van der Waals surface area contributed by atoms with Crippen molar-refractivity contribution in [1.29, 1.82) is 0 Å². The van der Waals surface area contributed by atoms with E-state index in [-0.39, 0.29) is 40.9 Å². The lowest BCUT2D eigenvalue weighted by molar-refractivity contribution is -0.117. The van der Waals surface area contributed by atoms with Gasteiger partial charge in [-0.25, -0.2) is 12.8 Å². The molecule has 1 amide bonds. The first-order valence-corrected chi connectivity index (χ1v) is 12.4. The van der Waals surface area contributed by atoms with E-state index in [2.05, 4.69) is 27.6 Å². The molecule has 0 spiro atoms. The second-order valence-electron chi connectivity index (χ2n) is 6.74. The molecule has 0 aromatic heterocycles. The molecule has 146 valence electrons. The fourth-order valence-electron chi connectivity index (χ4n) is 3.42. The number of carbonyl (C=O) groups is 1. The molecule has 2 heterocycles. The Hall–Kier alpha value is -1.46. The molecule has 2 aromatic carbocycles. The first-order valence-electron chi connectivity index (χ1n) is 8.58. The molecule has 5 nitrogen and oxygen atoms in total. The number of benzene rings is 2. The summed E-state index contributed by atoms with van der Waals surface area (Å²) in [6.07, 6.45) is 0.0676. The SMILES string of the molecule is O=C(Cc1ccc(F)cc1)N=C1S[C@@H]2CS(=O)(=O)C[C@H]2N1c1cccc(I)c1. The van der Waals surface area contributed by atoms with Crippen molar-refractivity contribution in [3.05, 3.63) is 63.5 Å². The van der Waals surface area contributed by atoms with Crippen LogP contribution in [0, 0.1) is 9.39 Å². The van der Waals surface area contributed by atoms with Gasteiger partial charge in [0, 0.05) is 14.5 Å². The van der Waals surface area contributed by atoms with Crippen molar-refractivity contribution in [3.63, 3.8) is 0 Å². The summed E-state index contributed by atoms with van der Waals surface area (Å²) in [6.45, 7) is 0. The minimum atomic E-state index is -3.10. The molecular weight excluding hydrogens is 514 g/mol. The average molecular weight is 530 g/mol. The van der Waals surface area contributed by atoms with Crippen LogP contribution in [-0.4, -0.2) is 42.3 Å². The lowest BCUT2D eigenvalue weighted by Gasteiger charge is -2.24. The molecule has 0 aliphatic carbocycles. The van der Waals surface area contributed by atoms with Crippen LogP contribution in [-0.2, 0) is 21.1 Å². The third kappa shape index (κ3) is 4.25. The molecule has 2 aliphatic rings. The predicted octanol–water partition coefficient (Wildman–Crippen LogP) is 3.27. The molecular formula is C19H16FIN2O3S2. The maximum Gasteiger partial charge on any atom is 0.252 e. The summed E-state index contributed by atoms with van der Waals surface area (Å²) in [6, 6.07) is 13.2. The molecule has 0 saturated carbocycles. The van der Waals surface area contributed by atoms with E-state index >= 15 is 0 Å². The minimum absolute atomic E-state index is 0.0569. The number of amides is 1. The number of halogens is 2. The number of amidine groups is 1. The summed E-state index contributed by atoms with van der Waals surface area (Å²) in [5.74, 6) is -0.546. The van der Waals surface area contributed by atoms with Crippen LogP contribution in [0.25, 0.3) is 0 Å². The van der Waals surface area contributed by atoms with Crippen LogP contribution in [0.3, 0.4) is 0 Å². The van der Waals surface area contributed by atoms with Crippen LogP contribution in [0.1, 0.15) is 5.56 Å². The molecule has 9 heteroatoms. The number of fused-ring (bicyclic) bond motifs is 1. The second-order valence-corrected chi connectivity index (χ2v) is 11.3. The Balaban J connectivity index is 1.63. The smallest absolute Gasteiger partial charge is 0.252 e. The number of nitrogens with zero attached hydrogens (tertiary/aromatic N) is 2. The minimum Gasteiger partial charge on any atom is -0.316 e. The van der Waals surface area contributed by atoms with E-state index in [1.165, 1.54) is 23.9 Å².